The molecule has 0 saturated carbocycles. The number of esters is 1. The van der Waals surface area contributed by atoms with Gasteiger partial charge >= 0.3 is 11.9 Å². The van der Waals surface area contributed by atoms with Crippen molar-refractivity contribution in [2.24, 2.45) is 5.28 Å². The molecular weight excluding hydrogens is 394 g/mol. The summed E-state index contributed by atoms with van der Waals surface area (Å²) in [6.45, 7) is 4.68. The maximum absolute atomic E-state index is 12.8. The van der Waals surface area contributed by atoms with Gasteiger partial charge in [0.05, 0.1) is 17.7 Å². The van der Waals surface area contributed by atoms with Gasteiger partial charge in [0.25, 0.3) is 0 Å². The fourth-order valence-electron chi connectivity index (χ4n) is 3.54. The smallest absolute Gasteiger partial charge is 0.350 e. The number of hydrogen-bond donors (Lipinski definition) is 0. The molecule has 172 valence electrons. The third-order valence-corrected chi connectivity index (χ3v) is 5.27. The largest absolute Gasteiger partial charge is 0.462 e. The monoisotopic (exact) mass is 431 g/mol. The van der Waals surface area contributed by atoms with Crippen LogP contribution in [0.15, 0.2) is 23.5 Å². The first kappa shape index (κ1) is 26.5. The van der Waals surface area contributed by atoms with Gasteiger partial charge in [-0.05, 0) is 36.4 Å². The lowest BCUT2D eigenvalue weighted by Crippen LogP contribution is -2.16. The standard InChI is InChI=1S/C24H37N3O4/c1-3-5-7-9-11-13-16-20-17-15-18-21(23(28)31-27-26-25)22(20)24(29)30-19-14-12-10-8-6-4-2/h15,17-18H,3-14,16,19H2,1-2H3. The molecule has 0 saturated heterocycles. The Morgan fingerprint density at radius 1 is 0.871 bits per heavy atom. The summed E-state index contributed by atoms with van der Waals surface area (Å²) in [5, 5.41) is 2.87. The van der Waals surface area contributed by atoms with Crippen LogP contribution in [0, 0.1) is 0 Å². The van der Waals surface area contributed by atoms with Crippen LogP contribution in [0.25, 0.3) is 10.4 Å². The molecule has 0 fully saturated rings. The third-order valence-electron chi connectivity index (χ3n) is 5.27. The van der Waals surface area contributed by atoms with Crippen LogP contribution in [0.4, 0.5) is 0 Å². The fourth-order valence-corrected chi connectivity index (χ4v) is 3.54. The number of ether oxygens (including phenoxy) is 1. The van der Waals surface area contributed by atoms with Crippen LogP contribution in [0.1, 0.15) is 117 Å². The lowest BCUT2D eigenvalue weighted by atomic mass is 9.96. The Labute approximate surface area is 186 Å². The van der Waals surface area contributed by atoms with Crippen LogP contribution in [0.5, 0.6) is 0 Å². The number of azide groups is 1. The van der Waals surface area contributed by atoms with Gasteiger partial charge in [0.15, 0.2) is 0 Å². The van der Waals surface area contributed by atoms with E-state index in [0.717, 1.165) is 44.1 Å². The predicted molar refractivity (Wildman–Crippen MR) is 122 cm³/mol. The third kappa shape index (κ3) is 10.9. The molecule has 0 N–H and O–H groups in total. The minimum atomic E-state index is -0.853. The van der Waals surface area contributed by atoms with E-state index in [9.17, 15) is 9.59 Å². The zero-order valence-electron chi connectivity index (χ0n) is 19.1. The maximum atomic E-state index is 12.8. The Hall–Kier alpha value is -2.53. The summed E-state index contributed by atoms with van der Waals surface area (Å²) in [7, 11) is 0. The van der Waals surface area contributed by atoms with Crippen molar-refractivity contribution in [3.05, 3.63) is 45.3 Å². The van der Waals surface area contributed by atoms with Gasteiger partial charge in [-0.1, -0.05) is 90.2 Å². The number of carbonyl (C=O) groups is 2. The number of rotatable bonds is 17. The second-order valence-corrected chi connectivity index (χ2v) is 7.81. The predicted octanol–water partition coefficient (Wildman–Crippen LogP) is 7.49. The molecule has 0 unspecified atom stereocenters. The maximum Gasteiger partial charge on any atom is 0.350 e. The number of hydrogen-bond acceptors (Lipinski definition) is 5. The number of nitrogens with zero attached hydrogens (tertiary/aromatic N) is 3. The van der Waals surface area contributed by atoms with Crippen LogP contribution in [0.2, 0.25) is 0 Å². The number of unbranched alkanes of at least 4 members (excludes halogenated alkanes) is 10. The van der Waals surface area contributed by atoms with E-state index in [1.54, 1.807) is 6.07 Å². The number of benzene rings is 1. The lowest BCUT2D eigenvalue weighted by Gasteiger charge is -2.13. The molecule has 0 atom stereocenters. The van der Waals surface area contributed by atoms with Crippen molar-refractivity contribution in [2.45, 2.75) is 97.3 Å². The van der Waals surface area contributed by atoms with E-state index < -0.39 is 11.9 Å². The molecule has 0 heterocycles. The van der Waals surface area contributed by atoms with Crippen molar-refractivity contribution in [3.63, 3.8) is 0 Å². The summed E-state index contributed by atoms with van der Waals surface area (Å²) < 4.78 is 5.48. The van der Waals surface area contributed by atoms with Gasteiger partial charge in [-0.3, -0.25) is 0 Å². The molecule has 1 rings (SSSR count). The molecule has 0 aromatic heterocycles. The highest BCUT2D eigenvalue weighted by molar-refractivity contribution is 6.04. The zero-order valence-corrected chi connectivity index (χ0v) is 19.1. The van der Waals surface area contributed by atoms with Gasteiger partial charge in [0, 0.05) is 4.91 Å². The second-order valence-electron chi connectivity index (χ2n) is 7.81. The van der Waals surface area contributed by atoms with E-state index in [2.05, 4.69) is 28.9 Å². The second kappa shape index (κ2) is 17.2. The molecule has 1 aromatic carbocycles. The highest BCUT2D eigenvalue weighted by Crippen LogP contribution is 2.21. The fraction of sp³-hybridized carbons (Fsp3) is 0.667. The average molecular weight is 432 g/mol. The normalized spacial score (nSPS) is 10.4. The molecule has 31 heavy (non-hydrogen) atoms. The first-order chi connectivity index (χ1) is 15.2. The molecular formula is C24H37N3O4. The van der Waals surface area contributed by atoms with Crippen LogP contribution < -0.4 is 0 Å². The van der Waals surface area contributed by atoms with Gasteiger partial charge in [-0.2, -0.15) is 0 Å². The van der Waals surface area contributed by atoms with Crippen LogP contribution in [0.3, 0.4) is 0 Å². The molecule has 7 heteroatoms. The first-order valence-electron chi connectivity index (χ1n) is 11.7. The van der Waals surface area contributed by atoms with E-state index in [0.29, 0.717) is 13.0 Å². The van der Waals surface area contributed by atoms with Crippen LogP contribution in [-0.4, -0.2) is 18.5 Å². The number of aryl methyl sites for hydroxylation is 1. The van der Waals surface area contributed by atoms with E-state index in [-0.39, 0.29) is 11.1 Å². The summed E-state index contributed by atoms with van der Waals surface area (Å²) in [5.41, 5.74) is 9.47. The van der Waals surface area contributed by atoms with Crippen LogP contribution in [-0.2, 0) is 16.0 Å². The quantitative estimate of drug-likeness (QED) is 0.0636. The van der Waals surface area contributed by atoms with Gasteiger partial charge < -0.3 is 9.57 Å². The number of carbonyl (C=O) groups excluding carboxylic acids is 2. The summed E-state index contributed by atoms with van der Waals surface area (Å²) in [6.07, 6.45) is 14.0. The van der Waals surface area contributed by atoms with Gasteiger partial charge in [0.1, 0.15) is 5.28 Å². The topological polar surface area (TPSA) is 101 Å². The minimum Gasteiger partial charge on any atom is -0.462 e. The molecule has 0 aliphatic carbocycles. The van der Waals surface area contributed by atoms with E-state index in [1.807, 2.05) is 6.07 Å². The van der Waals surface area contributed by atoms with Crippen molar-refractivity contribution in [1.82, 2.24) is 0 Å². The Morgan fingerprint density at radius 2 is 1.48 bits per heavy atom. The highest BCUT2D eigenvalue weighted by Gasteiger charge is 2.23. The zero-order chi connectivity index (χ0) is 22.7. The van der Waals surface area contributed by atoms with Crippen molar-refractivity contribution in [2.75, 3.05) is 6.61 Å². The minimum absolute atomic E-state index is 0.0730. The van der Waals surface area contributed by atoms with Crippen molar-refractivity contribution >= 4 is 11.9 Å². The molecule has 0 aliphatic heterocycles. The lowest BCUT2D eigenvalue weighted by molar-refractivity contribution is 0.0453. The van der Waals surface area contributed by atoms with Crippen molar-refractivity contribution in [1.29, 1.82) is 0 Å². The van der Waals surface area contributed by atoms with Crippen LogP contribution >= 0.6 is 0 Å². The highest BCUT2D eigenvalue weighted by atomic mass is 16.7. The molecule has 0 bridgehead atoms. The van der Waals surface area contributed by atoms with Crippen molar-refractivity contribution in [3.8, 4) is 0 Å². The first-order valence-corrected chi connectivity index (χ1v) is 11.7. The van der Waals surface area contributed by atoms with Gasteiger partial charge in [-0.25, -0.2) is 9.59 Å². The Bertz CT molecular complexity index is 715. The Balaban J connectivity index is 2.78. The summed E-state index contributed by atoms with van der Waals surface area (Å²) in [4.78, 5) is 32.1. The van der Waals surface area contributed by atoms with Gasteiger partial charge in [-0.15, -0.1) is 0 Å². The molecule has 7 nitrogen and oxygen atoms in total. The summed E-state index contributed by atoms with van der Waals surface area (Å²) in [6, 6.07) is 5.06. The summed E-state index contributed by atoms with van der Waals surface area (Å²) in [5.74, 6) is -1.38. The molecule has 1 aromatic rings. The van der Waals surface area contributed by atoms with E-state index in [4.69, 9.17) is 10.3 Å². The van der Waals surface area contributed by atoms with Crippen molar-refractivity contribution < 1.29 is 19.2 Å². The van der Waals surface area contributed by atoms with Gasteiger partial charge in [0.2, 0.25) is 0 Å². The average Bonchev–Trinajstić information content (AvgIpc) is 2.78. The Kier molecular flexibility index (Phi) is 14.7. The van der Waals surface area contributed by atoms with E-state index >= 15 is 0 Å². The summed E-state index contributed by atoms with van der Waals surface area (Å²) >= 11 is 0. The molecule has 0 radical (unpaired) electrons. The molecule has 0 spiro atoms. The van der Waals surface area contributed by atoms with E-state index in [1.165, 1.54) is 44.6 Å². The molecule has 0 amide bonds. The SMILES string of the molecule is CCCCCCCCOC(=O)c1c(CCCCCCCC)cccc1C(=O)ON=[N+]=[N-]. The Morgan fingerprint density at radius 3 is 2.13 bits per heavy atom. The molecule has 0 aliphatic rings.